The molecule has 140 valence electrons. The first-order valence-electron chi connectivity index (χ1n) is 8.73. The van der Waals surface area contributed by atoms with Crippen LogP contribution in [-0.4, -0.2) is 32.6 Å². The van der Waals surface area contributed by atoms with Crippen molar-refractivity contribution < 1.29 is 18.7 Å². The summed E-state index contributed by atoms with van der Waals surface area (Å²) in [5, 5.41) is 9.77. The summed E-state index contributed by atoms with van der Waals surface area (Å²) in [6.45, 7) is 5.85. The largest absolute Gasteiger partial charge is 0.390 e. The molecule has 1 aromatic carbocycles. The second-order valence-electron chi connectivity index (χ2n) is 7.55. The molecule has 1 heterocycles. The summed E-state index contributed by atoms with van der Waals surface area (Å²) in [6, 6.07) is 4.08. The van der Waals surface area contributed by atoms with Gasteiger partial charge in [0.15, 0.2) is 11.6 Å². The Hall–Kier alpha value is -1.14. The molecule has 1 fully saturated rings. The molecule has 1 N–H and O–H groups in total. The molecule has 3 nitrogen and oxygen atoms in total. The highest BCUT2D eigenvalue weighted by Crippen LogP contribution is 2.33. The Morgan fingerprint density at radius 1 is 1.40 bits per heavy atom. The van der Waals surface area contributed by atoms with E-state index < -0.39 is 17.2 Å². The van der Waals surface area contributed by atoms with Crippen molar-refractivity contribution in [1.29, 1.82) is 0 Å². The van der Waals surface area contributed by atoms with E-state index in [4.69, 9.17) is 0 Å². The molecule has 1 aliphatic rings. The molecule has 1 amide bonds. The molecule has 2 unspecified atom stereocenters. The van der Waals surface area contributed by atoms with Gasteiger partial charge in [-0.05, 0) is 38.7 Å². The maximum absolute atomic E-state index is 13.9. The SMILES string of the molecule is CC(CCCC(C)(C)O)CC1SCC(=O)N1Cc1cccc(F)c1F. The van der Waals surface area contributed by atoms with Crippen LogP contribution in [0.25, 0.3) is 0 Å². The number of carbonyl (C=O) groups is 1. The maximum Gasteiger partial charge on any atom is 0.233 e. The third kappa shape index (κ3) is 5.96. The second kappa shape index (κ2) is 8.49. The summed E-state index contributed by atoms with van der Waals surface area (Å²) in [6.07, 6.45) is 3.46. The number of thioether (sulfide) groups is 1. The van der Waals surface area contributed by atoms with Gasteiger partial charge in [0, 0.05) is 12.1 Å². The number of nitrogens with zero attached hydrogens (tertiary/aromatic N) is 1. The number of aliphatic hydroxyl groups is 1. The van der Waals surface area contributed by atoms with Crippen LogP contribution in [0.2, 0.25) is 0 Å². The van der Waals surface area contributed by atoms with Crippen molar-refractivity contribution in [2.24, 2.45) is 5.92 Å². The number of benzene rings is 1. The van der Waals surface area contributed by atoms with Crippen molar-refractivity contribution >= 4 is 17.7 Å². The maximum atomic E-state index is 13.9. The van der Waals surface area contributed by atoms with Gasteiger partial charge in [0.05, 0.1) is 16.7 Å². The smallest absolute Gasteiger partial charge is 0.233 e. The van der Waals surface area contributed by atoms with Gasteiger partial charge in [-0.25, -0.2) is 8.78 Å². The summed E-state index contributed by atoms with van der Waals surface area (Å²) in [5.41, 5.74) is -0.436. The number of rotatable bonds is 8. The van der Waals surface area contributed by atoms with Gasteiger partial charge in [0.2, 0.25) is 5.91 Å². The Morgan fingerprint density at radius 3 is 2.80 bits per heavy atom. The number of halogens is 2. The van der Waals surface area contributed by atoms with Crippen molar-refractivity contribution in [1.82, 2.24) is 4.90 Å². The van der Waals surface area contributed by atoms with E-state index in [9.17, 15) is 18.7 Å². The van der Waals surface area contributed by atoms with Gasteiger partial charge in [-0.3, -0.25) is 4.79 Å². The van der Waals surface area contributed by atoms with Crippen LogP contribution in [0.3, 0.4) is 0 Å². The Balaban J connectivity index is 1.93. The average molecular weight is 371 g/mol. The molecule has 0 spiro atoms. The van der Waals surface area contributed by atoms with Crippen LogP contribution in [0.15, 0.2) is 18.2 Å². The lowest BCUT2D eigenvalue weighted by Crippen LogP contribution is -2.33. The molecular weight excluding hydrogens is 344 g/mol. The molecule has 1 aromatic rings. The fraction of sp³-hybridized carbons (Fsp3) is 0.632. The van der Waals surface area contributed by atoms with Crippen molar-refractivity contribution in [3.63, 3.8) is 0 Å². The molecule has 1 aliphatic heterocycles. The molecule has 2 rings (SSSR count). The van der Waals surface area contributed by atoms with E-state index in [1.807, 2.05) is 0 Å². The van der Waals surface area contributed by atoms with Crippen LogP contribution >= 0.6 is 11.8 Å². The van der Waals surface area contributed by atoms with Crippen LogP contribution in [0.5, 0.6) is 0 Å². The predicted molar refractivity (Wildman–Crippen MR) is 97.1 cm³/mol. The summed E-state index contributed by atoms with van der Waals surface area (Å²) >= 11 is 1.57. The highest BCUT2D eigenvalue weighted by Gasteiger charge is 2.33. The molecule has 0 bridgehead atoms. The lowest BCUT2D eigenvalue weighted by Gasteiger charge is -2.27. The summed E-state index contributed by atoms with van der Waals surface area (Å²) in [4.78, 5) is 13.8. The Labute approximate surface area is 152 Å². The third-order valence-electron chi connectivity index (χ3n) is 4.53. The van der Waals surface area contributed by atoms with Gasteiger partial charge < -0.3 is 10.0 Å². The van der Waals surface area contributed by atoms with Crippen molar-refractivity contribution in [3.8, 4) is 0 Å². The third-order valence-corrected chi connectivity index (χ3v) is 5.77. The first-order valence-corrected chi connectivity index (χ1v) is 9.78. The van der Waals surface area contributed by atoms with E-state index in [1.54, 1.807) is 30.5 Å². The van der Waals surface area contributed by atoms with Crippen LogP contribution < -0.4 is 0 Å². The molecular formula is C19H27F2NO2S. The molecule has 25 heavy (non-hydrogen) atoms. The van der Waals surface area contributed by atoms with E-state index in [-0.39, 0.29) is 23.4 Å². The minimum atomic E-state index is -0.881. The zero-order valence-corrected chi connectivity index (χ0v) is 15.9. The van der Waals surface area contributed by atoms with Gasteiger partial charge in [-0.2, -0.15) is 0 Å². The highest BCUT2D eigenvalue weighted by molar-refractivity contribution is 8.00. The molecule has 0 radical (unpaired) electrons. The molecule has 6 heteroatoms. The molecule has 0 aromatic heterocycles. The van der Waals surface area contributed by atoms with E-state index in [2.05, 4.69) is 6.92 Å². The number of hydrogen-bond donors (Lipinski definition) is 1. The van der Waals surface area contributed by atoms with E-state index in [1.165, 1.54) is 12.1 Å². The lowest BCUT2D eigenvalue weighted by atomic mass is 9.95. The van der Waals surface area contributed by atoms with Crippen LogP contribution in [0.4, 0.5) is 8.78 Å². The first-order chi connectivity index (χ1) is 11.7. The number of amides is 1. The van der Waals surface area contributed by atoms with Gasteiger partial charge in [0.1, 0.15) is 0 Å². The summed E-state index contributed by atoms with van der Waals surface area (Å²) < 4.78 is 27.3. The standard InChI is InChI=1S/C19H27F2NO2S/c1-13(6-5-9-19(2,3)24)10-17-22(16(23)12-25-17)11-14-7-4-8-15(20)18(14)21/h4,7-8,13,17,24H,5-6,9-12H2,1-3H3. The van der Waals surface area contributed by atoms with E-state index >= 15 is 0 Å². The Kier molecular flexibility index (Phi) is 6.86. The molecule has 0 aliphatic carbocycles. The monoisotopic (exact) mass is 371 g/mol. The van der Waals surface area contributed by atoms with E-state index in [0.29, 0.717) is 11.7 Å². The Morgan fingerprint density at radius 2 is 2.12 bits per heavy atom. The van der Waals surface area contributed by atoms with Crippen LogP contribution in [0, 0.1) is 17.6 Å². The van der Waals surface area contributed by atoms with Gasteiger partial charge in [-0.1, -0.05) is 31.9 Å². The number of hydrogen-bond acceptors (Lipinski definition) is 3. The second-order valence-corrected chi connectivity index (χ2v) is 8.71. The fourth-order valence-electron chi connectivity index (χ4n) is 3.09. The molecule has 2 atom stereocenters. The van der Waals surface area contributed by atoms with Crippen LogP contribution in [-0.2, 0) is 11.3 Å². The topological polar surface area (TPSA) is 40.5 Å². The van der Waals surface area contributed by atoms with Gasteiger partial charge >= 0.3 is 0 Å². The number of carbonyl (C=O) groups excluding carboxylic acids is 1. The lowest BCUT2D eigenvalue weighted by molar-refractivity contribution is -0.128. The van der Waals surface area contributed by atoms with E-state index in [0.717, 1.165) is 31.7 Å². The van der Waals surface area contributed by atoms with Crippen molar-refractivity contribution in [2.45, 2.75) is 64.0 Å². The normalized spacial score (nSPS) is 19.5. The van der Waals surface area contributed by atoms with Crippen LogP contribution in [0.1, 0.15) is 52.0 Å². The van der Waals surface area contributed by atoms with Gasteiger partial charge in [0.25, 0.3) is 0 Å². The molecule has 0 saturated carbocycles. The highest BCUT2D eigenvalue weighted by atomic mass is 32.2. The van der Waals surface area contributed by atoms with Crippen molar-refractivity contribution in [2.75, 3.05) is 5.75 Å². The minimum absolute atomic E-state index is 0.00713. The zero-order valence-electron chi connectivity index (χ0n) is 15.1. The zero-order chi connectivity index (χ0) is 18.6. The van der Waals surface area contributed by atoms with Gasteiger partial charge in [-0.15, -0.1) is 11.8 Å². The minimum Gasteiger partial charge on any atom is -0.390 e. The predicted octanol–water partition coefficient (Wildman–Crippen LogP) is 4.33. The molecule has 1 saturated heterocycles. The summed E-state index contributed by atoms with van der Waals surface area (Å²) in [5.74, 6) is -0.997. The summed E-state index contributed by atoms with van der Waals surface area (Å²) in [7, 11) is 0. The average Bonchev–Trinajstić information content (AvgIpc) is 2.83. The first kappa shape index (κ1) is 20.2. The quantitative estimate of drug-likeness (QED) is 0.739. The van der Waals surface area contributed by atoms with Crippen molar-refractivity contribution in [3.05, 3.63) is 35.4 Å². The fourth-order valence-corrected chi connectivity index (χ4v) is 4.42. The Bertz CT molecular complexity index is 604.